The molecule has 3 rings (SSSR count). The van der Waals surface area contributed by atoms with Crippen LogP contribution in [0.1, 0.15) is 29.3 Å². The molecular weight excluding hydrogens is 362 g/mol. The summed E-state index contributed by atoms with van der Waals surface area (Å²) in [5, 5.41) is 9.70. The Kier molecular flexibility index (Phi) is 5.73. The highest BCUT2D eigenvalue weighted by atomic mass is 16.5. The number of nitrogens with zero attached hydrogens (tertiary/aromatic N) is 1. The van der Waals surface area contributed by atoms with Gasteiger partial charge in [-0.05, 0) is 35.4 Å². The van der Waals surface area contributed by atoms with Crippen LogP contribution in [0.3, 0.4) is 0 Å². The van der Waals surface area contributed by atoms with Gasteiger partial charge in [0.2, 0.25) is 5.91 Å². The van der Waals surface area contributed by atoms with E-state index >= 15 is 0 Å². The molecule has 2 aromatic rings. The molecule has 2 aromatic carbocycles. The van der Waals surface area contributed by atoms with Crippen LogP contribution in [0.25, 0.3) is 11.1 Å². The van der Waals surface area contributed by atoms with E-state index in [1.165, 1.54) is 0 Å². The highest BCUT2D eigenvalue weighted by Crippen LogP contribution is 2.37. The Morgan fingerprint density at radius 1 is 1.11 bits per heavy atom. The first-order chi connectivity index (χ1) is 13.5. The first-order valence-electron chi connectivity index (χ1n) is 9.01. The predicted molar refractivity (Wildman–Crippen MR) is 103 cm³/mol. The van der Waals surface area contributed by atoms with Crippen LogP contribution in [-0.2, 0) is 11.3 Å². The summed E-state index contributed by atoms with van der Waals surface area (Å²) >= 11 is 0. The molecule has 1 aliphatic rings. The standard InChI is InChI=1S/C21H23NO6/c1-4-19(23)22-7-8-28-20-15(12-22)9-14(10-16(20)21(24)25)13-5-6-17(26-2)18(11-13)27-3/h5-6,9-11H,4,7-8,12H2,1-3H3,(H,24,25). The van der Waals surface area contributed by atoms with Gasteiger partial charge in [-0.25, -0.2) is 4.79 Å². The van der Waals surface area contributed by atoms with E-state index in [2.05, 4.69) is 0 Å². The molecule has 0 atom stereocenters. The van der Waals surface area contributed by atoms with Gasteiger partial charge in [0.15, 0.2) is 11.5 Å². The van der Waals surface area contributed by atoms with Gasteiger partial charge in [0, 0.05) is 18.5 Å². The monoisotopic (exact) mass is 385 g/mol. The third kappa shape index (κ3) is 3.74. The average Bonchev–Trinajstić information content (AvgIpc) is 2.94. The molecule has 7 heteroatoms. The van der Waals surface area contributed by atoms with E-state index in [0.29, 0.717) is 47.9 Å². The predicted octanol–water partition coefficient (Wildman–Crippen LogP) is 3.20. The summed E-state index contributed by atoms with van der Waals surface area (Å²) in [7, 11) is 3.10. The second kappa shape index (κ2) is 8.21. The molecule has 0 fully saturated rings. The van der Waals surface area contributed by atoms with Crippen molar-refractivity contribution in [1.29, 1.82) is 0 Å². The maximum atomic E-state index is 12.2. The number of amides is 1. The Labute approximate surface area is 163 Å². The first-order valence-corrected chi connectivity index (χ1v) is 9.01. The van der Waals surface area contributed by atoms with E-state index < -0.39 is 5.97 Å². The third-order valence-electron chi connectivity index (χ3n) is 4.74. The number of hydrogen-bond acceptors (Lipinski definition) is 5. The first kappa shape index (κ1) is 19.5. The maximum absolute atomic E-state index is 12.2. The molecule has 0 unspecified atom stereocenters. The quantitative estimate of drug-likeness (QED) is 0.851. The molecule has 0 radical (unpaired) electrons. The molecule has 0 saturated heterocycles. The van der Waals surface area contributed by atoms with Crippen LogP contribution in [0.2, 0.25) is 0 Å². The summed E-state index contributed by atoms with van der Waals surface area (Å²) in [6, 6.07) is 8.84. The molecule has 0 bridgehead atoms. The van der Waals surface area contributed by atoms with Gasteiger partial charge >= 0.3 is 5.97 Å². The number of methoxy groups -OCH3 is 2. The van der Waals surface area contributed by atoms with Crippen LogP contribution in [0.5, 0.6) is 17.2 Å². The molecular formula is C21H23NO6. The normalized spacial score (nSPS) is 13.2. The van der Waals surface area contributed by atoms with Crippen LogP contribution in [0.15, 0.2) is 30.3 Å². The number of rotatable bonds is 5. The Morgan fingerprint density at radius 3 is 2.50 bits per heavy atom. The second-order valence-electron chi connectivity index (χ2n) is 6.40. The molecule has 0 spiro atoms. The molecule has 1 heterocycles. The van der Waals surface area contributed by atoms with Gasteiger partial charge < -0.3 is 24.2 Å². The molecule has 1 aliphatic heterocycles. The lowest BCUT2D eigenvalue weighted by molar-refractivity contribution is -0.131. The number of hydrogen-bond donors (Lipinski definition) is 1. The highest BCUT2D eigenvalue weighted by molar-refractivity contribution is 5.93. The van der Waals surface area contributed by atoms with Crippen molar-refractivity contribution in [2.45, 2.75) is 19.9 Å². The number of carbonyl (C=O) groups is 2. The molecule has 0 saturated carbocycles. The summed E-state index contributed by atoms with van der Waals surface area (Å²) < 4.78 is 16.3. The Bertz CT molecular complexity index is 908. The van der Waals surface area contributed by atoms with Crippen LogP contribution in [0, 0.1) is 0 Å². The fraction of sp³-hybridized carbons (Fsp3) is 0.333. The summed E-state index contributed by atoms with van der Waals surface area (Å²) in [6.45, 7) is 2.79. The van der Waals surface area contributed by atoms with Gasteiger partial charge in [0.25, 0.3) is 0 Å². The van der Waals surface area contributed by atoms with E-state index in [9.17, 15) is 14.7 Å². The van der Waals surface area contributed by atoms with Crippen LogP contribution < -0.4 is 14.2 Å². The Balaban J connectivity index is 2.12. The van der Waals surface area contributed by atoms with Gasteiger partial charge in [0.1, 0.15) is 17.9 Å². The van der Waals surface area contributed by atoms with Crippen molar-refractivity contribution in [1.82, 2.24) is 4.90 Å². The highest BCUT2D eigenvalue weighted by Gasteiger charge is 2.24. The maximum Gasteiger partial charge on any atom is 0.339 e. The smallest absolute Gasteiger partial charge is 0.339 e. The van der Waals surface area contributed by atoms with Crippen molar-refractivity contribution in [3.8, 4) is 28.4 Å². The lowest BCUT2D eigenvalue weighted by Gasteiger charge is -2.19. The van der Waals surface area contributed by atoms with Gasteiger partial charge in [-0.3, -0.25) is 4.79 Å². The van der Waals surface area contributed by atoms with Crippen molar-refractivity contribution in [2.24, 2.45) is 0 Å². The molecule has 7 nitrogen and oxygen atoms in total. The molecule has 28 heavy (non-hydrogen) atoms. The molecule has 1 N–H and O–H groups in total. The fourth-order valence-corrected chi connectivity index (χ4v) is 3.30. The molecule has 0 aromatic heterocycles. The van der Waals surface area contributed by atoms with Crippen LogP contribution in [0.4, 0.5) is 0 Å². The van der Waals surface area contributed by atoms with Gasteiger partial charge in [0.05, 0.1) is 20.8 Å². The van der Waals surface area contributed by atoms with Crippen molar-refractivity contribution in [3.63, 3.8) is 0 Å². The van der Waals surface area contributed by atoms with E-state index in [1.807, 2.05) is 12.1 Å². The van der Waals surface area contributed by atoms with Gasteiger partial charge in [-0.15, -0.1) is 0 Å². The van der Waals surface area contributed by atoms with Crippen molar-refractivity contribution < 1.29 is 28.9 Å². The zero-order chi connectivity index (χ0) is 20.3. The van der Waals surface area contributed by atoms with E-state index in [4.69, 9.17) is 14.2 Å². The minimum absolute atomic E-state index is 0.00449. The van der Waals surface area contributed by atoms with Gasteiger partial charge in [-0.2, -0.15) is 0 Å². The zero-order valence-electron chi connectivity index (χ0n) is 16.2. The molecule has 148 valence electrons. The largest absolute Gasteiger partial charge is 0.493 e. The molecule has 0 aliphatic carbocycles. The SMILES string of the molecule is CCC(=O)N1CCOc2c(cc(-c3ccc(OC)c(OC)c3)cc2C(=O)O)C1. The summed E-state index contributed by atoms with van der Waals surface area (Å²) in [5.74, 6) is 0.384. The minimum atomic E-state index is -1.08. The lowest BCUT2D eigenvalue weighted by Crippen LogP contribution is -2.31. The Hall–Kier alpha value is -3.22. The fourth-order valence-electron chi connectivity index (χ4n) is 3.30. The van der Waals surface area contributed by atoms with Crippen LogP contribution >= 0.6 is 0 Å². The Morgan fingerprint density at radius 2 is 1.86 bits per heavy atom. The second-order valence-corrected chi connectivity index (χ2v) is 6.40. The number of benzene rings is 2. The summed E-state index contributed by atoms with van der Waals surface area (Å²) in [6.07, 6.45) is 0.385. The lowest BCUT2D eigenvalue weighted by atomic mass is 9.97. The van der Waals surface area contributed by atoms with Crippen molar-refractivity contribution in [2.75, 3.05) is 27.4 Å². The van der Waals surface area contributed by atoms with Crippen LogP contribution in [-0.4, -0.2) is 49.3 Å². The number of fused-ring (bicyclic) bond motifs is 1. The van der Waals surface area contributed by atoms with Crippen molar-refractivity contribution >= 4 is 11.9 Å². The van der Waals surface area contributed by atoms with E-state index in [1.54, 1.807) is 44.2 Å². The number of carbonyl (C=O) groups excluding carboxylic acids is 1. The number of aromatic carboxylic acids is 1. The summed E-state index contributed by atoms with van der Waals surface area (Å²) in [5.41, 5.74) is 2.23. The number of ether oxygens (including phenoxy) is 3. The minimum Gasteiger partial charge on any atom is -0.493 e. The zero-order valence-corrected chi connectivity index (χ0v) is 16.2. The summed E-state index contributed by atoms with van der Waals surface area (Å²) in [4.78, 5) is 25.7. The van der Waals surface area contributed by atoms with Crippen molar-refractivity contribution in [3.05, 3.63) is 41.5 Å². The number of carboxylic acid groups (broad SMARTS) is 1. The molecule has 1 amide bonds. The van der Waals surface area contributed by atoms with E-state index in [0.717, 1.165) is 5.56 Å². The van der Waals surface area contributed by atoms with Gasteiger partial charge in [-0.1, -0.05) is 13.0 Å². The van der Waals surface area contributed by atoms with E-state index in [-0.39, 0.29) is 18.1 Å². The topological polar surface area (TPSA) is 85.3 Å². The number of carboxylic acids is 1. The average molecular weight is 385 g/mol. The third-order valence-corrected chi connectivity index (χ3v) is 4.74.